The van der Waals surface area contributed by atoms with E-state index in [1.165, 1.54) is 24.0 Å². The van der Waals surface area contributed by atoms with Crippen LogP contribution in [0, 0.1) is 0 Å². The molecule has 0 saturated carbocycles. The summed E-state index contributed by atoms with van der Waals surface area (Å²) in [6.07, 6.45) is -0.764. The number of hydrogen-bond donors (Lipinski definition) is 4. The molecule has 0 aliphatic carbocycles. The third kappa shape index (κ3) is 5.80. The fourth-order valence-corrected chi connectivity index (χ4v) is 5.51. The number of ether oxygens (including phenoxy) is 2. The highest BCUT2D eigenvalue weighted by Gasteiger charge is 2.53. The fourth-order valence-electron chi connectivity index (χ4n) is 4.01. The molecular formula is C23H32N7O7P. The first kappa shape index (κ1) is 27.9. The summed E-state index contributed by atoms with van der Waals surface area (Å²) in [7, 11) is -4.18. The summed E-state index contributed by atoms with van der Waals surface area (Å²) in [4.78, 5) is 20.5. The fraction of sp³-hybridized carbons (Fsp3) is 0.478. The van der Waals surface area contributed by atoms with Gasteiger partial charge in [0.2, 0.25) is 0 Å². The number of anilines is 1. The third-order valence-electron chi connectivity index (χ3n) is 5.93. The Kier molecular flexibility index (Phi) is 8.02. The van der Waals surface area contributed by atoms with Gasteiger partial charge < -0.3 is 30.6 Å². The van der Waals surface area contributed by atoms with Gasteiger partial charge in [0.25, 0.3) is 0 Å². The highest BCUT2D eigenvalue weighted by molar-refractivity contribution is 7.52. The molecular weight excluding hydrogens is 517 g/mol. The monoisotopic (exact) mass is 549 g/mol. The highest BCUT2D eigenvalue weighted by Crippen LogP contribution is 2.47. The lowest BCUT2D eigenvalue weighted by Gasteiger charge is -2.27. The second-order valence-corrected chi connectivity index (χ2v) is 11.2. The Morgan fingerprint density at radius 3 is 2.68 bits per heavy atom. The molecule has 1 aliphatic heterocycles. The Bertz CT molecular complexity index is 1320. The number of hydrogen-bond acceptors (Lipinski definition) is 12. The standard InChI is InChI=1S/C23H32N7O7P/c1-13(2)35-22(32)14(3)29-38(33,37-15-8-6-5-7-9-15)34-11-17-18(31)23(4,25)19(36-17)16-10-26-21-20(24)27-12-28-30(16)21/h5-10,12-14,17-19,31H,11,25H2,1-4H3,(H,29,33)(H2,24,27,28)/t14-,17+,18+,19-,23+,38-/m0/s1. The van der Waals surface area contributed by atoms with Crippen molar-refractivity contribution in [2.24, 2.45) is 5.73 Å². The van der Waals surface area contributed by atoms with E-state index >= 15 is 0 Å². The summed E-state index contributed by atoms with van der Waals surface area (Å²) in [6.45, 7) is 6.09. The van der Waals surface area contributed by atoms with Gasteiger partial charge in [0.1, 0.15) is 36.4 Å². The molecule has 0 radical (unpaired) electrons. The number of carbonyl (C=O) groups is 1. The van der Waals surface area contributed by atoms with Crippen LogP contribution in [0.2, 0.25) is 0 Å². The van der Waals surface area contributed by atoms with Crippen LogP contribution in [0.3, 0.4) is 0 Å². The van der Waals surface area contributed by atoms with Gasteiger partial charge in [-0.3, -0.25) is 9.32 Å². The Morgan fingerprint density at radius 1 is 1.29 bits per heavy atom. The van der Waals surface area contributed by atoms with E-state index in [2.05, 4.69) is 20.2 Å². The molecule has 14 nitrogen and oxygen atoms in total. The molecule has 3 heterocycles. The van der Waals surface area contributed by atoms with E-state index in [-0.39, 0.29) is 24.3 Å². The van der Waals surface area contributed by atoms with Gasteiger partial charge in [-0.2, -0.15) is 10.2 Å². The Labute approximate surface area is 219 Å². The van der Waals surface area contributed by atoms with Crippen LogP contribution in [0.1, 0.15) is 39.5 Å². The van der Waals surface area contributed by atoms with Gasteiger partial charge >= 0.3 is 13.7 Å². The summed E-state index contributed by atoms with van der Waals surface area (Å²) in [6, 6.07) is 7.28. The second kappa shape index (κ2) is 10.9. The lowest BCUT2D eigenvalue weighted by atomic mass is 9.88. The number of aliphatic hydroxyl groups is 1. The first-order valence-corrected chi connectivity index (χ1v) is 13.5. The van der Waals surface area contributed by atoms with Crippen molar-refractivity contribution in [1.29, 1.82) is 0 Å². The van der Waals surface area contributed by atoms with E-state index in [1.807, 2.05) is 0 Å². The number of nitrogens with two attached hydrogens (primary N) is 2. The Balaban J connectivity index is 1.54. The van der Waals surface area contributed by atoms with Gasteiger partial charge in [-0.15, -0.1) is 0 Å². The number of benzene rings is 1. The smallest absolute Gasteiger partial charge is 0.459 e. The largest absolute Gasteiger partial charge is 0.462 e. The molecule has 15 heteroatoms. The molecule has 1 aromatic carbocycles. The van der Waals surface area contributed by atoms with Gasteiger partial charge in [-0.25, -0.2) is 19.0 Å². The van der Waals surface area contributed by atoms with Crippen LogP contribution in [0.5, 0.6) is 5.75 Å². The van der Waals surface area contributed by atoms with Crippen LogP contribution < -0.4 is 21.1 Å². The highest BCUT2D eigenvalue weighted by atomic mass is 31.2. The molecule has 1 fully saturated rings. The zero-order valence-electron chi connectivity index (χ0n) is 21.4. The topological polar surface area (TPSA) is 198 Å². The van der Waals surface area contributed by atoms with Gasteiger partial charge in [-0.05, 0) is 39.8 Å². The van der Waals surface area contributed by atoms with E-state index in [0.29, 0.717) is 11.3 Å². The minimum Gasteiger partial charge on any atom is -0.462 e. The van der Waals surface area contributed by atoms with Crippen LogP contribution in [-0.2, 0) is 23.4 Å². The molecule has 1 saturated heterocycles. The normalized spacial score (nSPS) is 25.8. The molecule has 0 bridgehead atoms. The van der Waals surface area contributed by atoms with Crippen molar-refractivity contribution in [1.82, 2.24) is 24.7 Å². The van der Waals surface area contributed by atoms with Crippen LogP contribution in [-0.4, -0.2) is 67.2 Å². The summed E-state index contributed by atoms with van der Waals surface area (Å²) in [5, 5.41) is 17.8. The number of imidazole rings is 1. The summed E-state index contributed by atoms with van der Waals surface area (Å²) < 4.78 is 37.8. The van der Waals surface area contributed by atoms with Gasteiger partial charge in [0.05, 0.1) is 30.1 Å². The van der Waals surface area contributed by atoms with Crippen LogP contribution >= 0.6 is 7.75 Å². The van der Waals surface area contributed by atoms with Crippen molar-refractivity contribution in [3.05, 3.63) is 48.5 Å². The molecule has 1 aliphatic rings. The zero-order chi connectivity index (χ0) is 27.7. The Morgan fingerprint density at radius 2 is 2.00 bits per heavy atom. The Hall–Kier alpha value is -3.13. The summed E-state index contributed by atoms with van der Waals surface area (Å²) >= 11 is 0. The molecule has 0 spiro atoms. The SMILES string of the molecule is CC(C)OC(=O)[C@H](C)N[P@](=O)(OC[C@H]1O[C@@H](c2cnc3c(N)ncnn23)[C@](C)(N)[C@@H]1O)Oc1ccccc1. The zero-order valence-corrected chi connectivity index (χ0v) is 22.3. The summed E-state index contributed by atoms with van der Waals surface area (Å²) in [5.41, 5.74) is 11.8. The maximum Gasteiger partial charge on any atom is 0.459 e. The molecule has 6 atom stereocenters. The maximum atomic E-state index is 13.8. The van der Waals surface area contributed by atoms with E-state index in [0.717, 1.165) is 0 Å². The van der Waals surface area contributed by atoms with Crippen molar-refractivity contribution in [3.63, 3.8) is 0 Å². The number of carbonyl (C=O) groups excluding carboxylic acids is 1. The van der Waals surface area contributed by atoms with Gasteiger partial charge in [0.15, 0.2) is 11.5 Å². The molecule has 206 valence electrons. The second-order valence-electron chi connectivity index (χ2n) is 9.46. The lowest BCUT2D eigenvalue weighted by Crippen LogP contribution is -2.51. The van der Waals surface area contributed by atoms with Gasteiger partial charge in [-0.1, -0.05) is 18.2 Å². The quantitative estimate of drug-likeness (QED) is 0.209. The number of esters is 1. The van der Waals surface area contributed by atoms with Gasteiger partial charge in [0, 0.05) is 0 Å². The van der Waals surface area contributed by atoms with Crippen LogP contribution in [0.25, 0.3) is 5.65 Å². The number of aliphatic hydroxyl groups excluding tert-OH is 1. The number of nitrogen functional groups attached to an aromatic ring is 1. The first-order valence-electron chi connectivity index (χ1n) is 12.0. The van der Waals surface area contributed by atoms with Crippen molar-refractivity contribution >= 4 is 25.2 Å². The average molecular weight is 550 g/mol. The average Bonchev–Trinajstić information content (AvgIpc) is 3.37. The van der Waals surface area contributed by atoms with E-state index in [9.17, 15) is 14.5 Å². The first-order chi connectivity index (χ1) is 17.9. The minimum absolute atomic E-state index is 0.165. The van der Waals surface area contributed by atoms with Crippen LogP contribution in [0.4, 0.5) is 5.82 Å². The number of fused-ring (bicyclic) bond motifs is 1. The van der Waals surface area contributed by atoms with Crippen LogP contribution in [0.15, 0.2) is 42.9 Å². The van der Waals surface area contributed by atoms with Crippen molar-refractivity contribution in [2.75, 3.05) is 12.3 Å². The van der Waals surface area contributed by atoms with E-state index < -0.39 is 43.6 Å². The number of para-hydroxylation sites is 1. The molecule has 2 aromatic heterocycles. The predicted molar refractivity (Wildman–Crippen MR) is 136 cm³/mol. The number of nitrogens with one attached hydrogen (secondary N) is 1. The lowest BCUT2D eigenvalue weighted by molar-refractivity contribution is -0.149. The number of aromatic nitrogens is 4. The number of rotatable bonds is 10. The van der Waals surface area contributed by atoms with E-state index in [4.69, 9.17) is 30.0 Å². The molecule has 3 aromatic rings. The summed E-state index contributed by atoms with van der Waals surface area (Å²) in [5.74, 6) is -0.232. The minimum atomic E-state index is -4.18. The van der Waals surface area contributed by atoms with Crippen molar-refractivity contribution in [3.8, 4) is 5.75 Å². The maximum absolute atomic E-state index is 13.8. The number of nitrogens with zero attached hydrogens (tertiary/aromatic N) is 4. The molecule has 38 heavy (non-hydrogen) atoms. The molecule has 0 unspecified atom stereocenters. The predicted octanol–water partition coefficient (Wildman–Crippen LogP) is 1.36. The molecule has 6 N–H and O–H groups in total. The molecule has 4 rings (SSSR count). The van der Waals surface area contributed by atoms with Crippen molar-refractivity contribution in [2.45, 2.75) is 63.7 Å². The third-order valence-corrected chi connectivity index (χ3v) is 7.57. The molecule has 0 amide bonds. The van der Waals surface area contributed by atoms with Crippen molar-refractivity contribution < 1.29 is 33.0 Å². The van der Waals surface area contributed by atoms with E-state index in [1.54, 1.807) is 51.1 Å².